The molecule has 0 spiro atoms. The number of aliphatic hydroxyl groups excluding tert-OH is 2. The summed E-state index contributed by atoms with van der Waals surface area (Å²) in [5, 5.41) is 19.7. The fourth-order valence-corrected chi connectivity index (χ4v) is 1.78. The van der Waals surface area contributed by atoms with Crippen molar-refractivity contribution in [2.45, 2.75) is 58.3 Å². The Morgan fingerprint density at radius 2 is 2.06 bits per heavy atom. The number of hydrogen-bond donors (Lipinski definition) is 2. The average molecular weight is 247 g/mol. The van der Waals surface area contributed by atoms with Gasteiger partial charge in [-0.05, 0) is 27.2 Å². The van der Waals surface area contributed by atoms with Gasteiger partial charge in [0.15, 0.2) is 0 Å². The Morgan fingerprint density at radius 1 is 1.41 bits per heavy atom. The van der Waals surface area contributed by atoms with Gasteiger partial charge in [-0.1, -0.05) is 6.92 Å². The minimum absolute atomic E-state index is 0.244. The molecule has 102 valence electrons. The summed E-state index contributed by atoms with van der Waals surface area (Å²) < 4.78 is 11.0. The summed E-state index contributed by atoms with van der Waals surface area (Å²) in [6.07, 6.45) is -1.02. The van der Waals surface area contributed by atoms with Gasteiger partial charge in [-0.2, -0.15) is 0 Å². The molecule has 0 bridgehead atoms. The monoisotopic (exact) mass is 247 g/mol. The summed E-state index contributed by atoms with van der Waals surface area (Å²) in [5.74, 6) is 0. The van der Waals surface area contributed by atoms with Crippen molar-refractivity contribution >= 4 is 0 Å². The molecule has 1 aliphatic rings. The van der Waals surface area contributed by atoms with Gasteiger partial charge in [-0.25, -0.2) is 0 Å². The summed E-state index contributed by atoms with van der Waals surface area (Å²) >= 11 is 0. The van der Waals surface area contributed by atoms with Crippen LogP contribution < -0.4 is 0 Å². The lowest BCUT2D eigenvalue weighted by Gasteiger charge is -2.39. The van der Waals surface area contributed by atoms with E-state index in [0.29, 0.717) is 26.1 Å². The van der Waals surface area contributed by atoms with E-state index in [2.05, 4.69) is 0 Å². The van der Waals surface area contributed by atoms with Gasteiger partial charge >= 0.3 is 0 Å². The predicted octanol–water partition coefficient (Wildman–Crippen LogP) is 0.549. The van der Waals surface area contributed by atoms with Crippen LogP contribution in [0.15, 0.2) is 0 Å². The summed E-state index contributed by atoms with van der Waals surface area (Å²) in [7, 11) is 0. The third-order valence-corrected chi connectivity index (χ3v) is 2.74. The Labute approximate surface area is 103 Å². The van der Waals surface area contributed by atoms with Gasteiger partial charge < -0.3 is 19.7 Å². The van der Waals surface area contributed by atoms with Gasteiger partial charge in [0.1, 0.15) is 0 Å². The van der Waals surface area contributed by atoms with E-state index in [1.54, 1.807) is 4.90 Å². The highest BCUT2D eigenvalue weighted by molar-refractivity contribution is 4.77. The van der Waals surface area contributed by atoms with Crippen molar-refractivity contribution in [3.05, 3.63) is 0 Å². The highest BCUT2D eigenvalue weighted by Crippen LogP contribution is 2.17. The molecule has 1 rings (SSSR count). The SMILES string of the molecule is CCC(O)C1CN(C(O)OC(C)(C)C)CCO1. The number of nitrogens with zero attached hydrogens (tertiary/aromatic N) is 1. The molecule has 0 aromatic carbocycles. The van der Waals surface area contributed by atoms with E-state index in [0.717, 1.165) is 0 Å². The average Bonchev–Trinajstić information content (AvgIpc) is 2.26. The predicted molar refractivity (Wildman–Crippen MR) is 64.5 cm³/mol. The Morgan fingerprint density at radius 3 is 2.59 bits per heavy atom. The lowest BCUT2D eigenvalue weighted by molar-refractivity contribution is -0.259. The lowest BCUT2D eigenvalue weighted by Crippen LogP contribution is -2.53. The Balaban J connectivity index is 2.48. The molecule has 1 saturated heterocycles. The summed E-state index contributed by atoms with van der Waals surface area (Å²) in [5.41, 5.74) is -0.392. The van der Waals surface area contributed by atoms with Crippen molar-refractivity contribution in [1.82, 2.24) is 4.90 Å². The Hall–Kier alpha value is -0.200. The molecule has 0 aromatic rings. The minimum atomic E-state index is -0.939. The largest absolute Gasteiger partial charge is 0.390 e. The van der Waals surface area contributed by atoms with Gasteiger partial charge in [0.2, 0.25) is 6.41 Å². The molecule has 0 saturated carbocycles. The molecule has 2 N–H and O–H groups in total. The van der Waals surface area contributed by atoms with Crippen molar-refractivity contribution in [2.24, 2.45) is 0 Å². The number of aliphatic hydroxyl groups is 2. The maximum Gasteiger partial charge on any atom is 0.216 e. The maximum atomic E-state index is 9.95. The number of hydrogen-bond acceptors (Lipinski definition) is 5. The molecule has 5 heteroatoms. The molecule has 3 atom stereocenters. The molecule has 1 fully saturated rings. The second-order valence-corrected chi connectivity index (χ2v) is 5.44. The third-order valence-electron chi connectivity index (χ3n) is 2.74. The van der Waals surface area contributed by atoms with Crippen molar-refractivity contribution in [3.8, 4) is 0 Å². The zero-order chi connectivity index (χ0) is 13.1. The fourth-order valence-electron chi connectivity index (χ4n) is 1.78. The minimum Gasteiger partial charge on any atom is -0.390 e. The van der Waals surface area contributed by atoms with Crippen LogP contribution in [0.3, 0.4) is 0 Å². The zero-order valence-corrected chi connectivity index (χ0v) is 11.2. The van der Waals surface area contributed by atoms with Gasteiger partial charge in [-0.15, -0.1) is 0 Å². The van der Waals surface area contributed by atoms with Crippen LogP contribution in [0.5, 0.6) is 0 Å². The first-order valence-electron chi connectivity index (χ1n) is 6.23. The molecule has 0 radical (unpaired) electrons. The number of rotatable bonds is 4. The van der Waals surface area contributed by atoms with Crippen LogP contribution in [0.1, 0.15) is 34.1 Å². The van der Waals surface area contributed by atoms with Crippen molar-refractivity contribution in [3.63, 3.8) is 0 Å². The van der Waals surface area contributed by atoms with Crippen LogP contribution in [0, 0.1) is 0 Å². The first kappa shape index (κ1) is 14.9. The van der Waals surface area contributed by atoms with E-state index < -0.39 is 18.1 Å². The van der Waals surface area contributed by atoms with Crippen molar-refractivity contribution < 1.29 is 19.7 Å². The molecular weight excluding hydrogens is 222 g/mol. The number of ether oxygens (including phenoxy) is 2. The van der Waals surface area contributed by atoms with Gasteiger partial charge in [0.05, 0.1) is 24.4 Å². The van der Waals surface area contributed by atoms with Crippen LogP contribution >= 0.6 is 0 Å². The quantitative estimate of drug-likeness (QED) is 0.710. The zero-order valence-electron chi connectivity index (χ0n) is 11.2. The fraction of sp³-hybridized carbons (Fsp3) is 1.00. The van der Waals surface area contributed by atoms with E-state index in [1.165, 1.54) is 0 Å². The van der Waals surface area contributed by atoms with Gasteiger partial charge in [-0.3, -0.25) is 4.90 Å². The summed E-state index contributed by atoms with van der Waals surface area (Å²) in [4.78, 5) is 1.79. The van der Waals surface area contributed by atoms with Crippen molar-refractivity contribution in [1.29, 1.82) is 0 Å². The van der Waals surface area contributed by atoms with E-state index in [1.807, 2.05) is 27.7 Å². The Bertz CT molecular complexity index is 229. The number of morpholine rings is 1. The Kier molecular flexibility index (Phi) is 5.34. The smallest absolute Gasteiger partial charge is 0.216 e. The van der Waals surface area contributed by atoms with Crippen molar-refractivity contribution in [2.75, 3.05) is 19.7 Å². The van der Waals surface area contributed by atoms with Crippen LogP contribution in [0.25, 0.3) is 0 Å². The molecule has 1 aliphatic heterocycles. The topological polar surface area (TPSA) is 62.2 Å². The van der Waals surface area contributed by atoms with Crippen LogP contribution in [-0.2, 0) is 9.47 Å². The lowest BCUT2D eigenvalue weighted by atomic mass is 10.1. The van der Waals surface area contributed by atoms with E-state index >= 15 is 0 Å². The second kappa shape index (κ2) is 6.11. The molecular formula is C12H25NO4. The molecule has 0 amide bonds. The normalized spacial score (nSPS) is 26.8. The van der Waals surface area contributed by atoms with E-state index in [-0.39, 0.29) is 6.10 Å². The highest BCUT2D eigenvalue weighted by atomic mass is 16.6. The van der Waals surface area contributed by atoms with E-state index in [9.17, 15) is 10.2 Å². The highest BCUT2D eigenvalue weighted by Gasteiger charge is 2.31. The van der Waals surface area contributed by atoms with Crippen LogP contribution in [-0.4, -0.2) is 59.0 Å². The summed E-state index contributed by atoms with van der Waals surface area (Å²) in [6.45, 7) is 9.22. The standard InChI is InChI=1S/C12H25NO4/c1-5-9(14)10-8-13(6-7-16-10)11(15)17-12(2,3)4/h9-11,14-15H,5-8H2,1-4H3. The second-order valence-electron chi connectivity index (χ2n) is 5.44. The van der Waals surface area contributed by atoms with Crippen LogP contribution in [0.4, 0.5) is 0 Å². The maximum absolute atomic E-state index is 9.95. The van der Waals surface area contributed by atoms with E-state index in [4.69, 9.17) is 9.47 Å². The van der Waals surface area contributed by atoms with Crippen LogP contribution in [0.2, 0.25) is 0 Å². The molecule has 0 aliphatic carbocycles. The third kappa shape index (κ3) is 4.89. The van der Waals surface area contributed by atoms with Gasteiger partial charge in [0.25, 0.3) is 0 Å². The molecule has 5 nitrogen and oxygen atoms in total. The molecule has 3 unspecified atom stereocenters. The summed E-state index contributed by atoms with van der Waals surface area (Å²) in [6, 6.07) is 0. The van der Waals surface area contributed by atoms with Gasteiger partial charge in [0, 0.05) is 13.1 Å². The molecule has 1 heterocycles. The molecule has 0 aromatic heterocycles. The molecule has 17 heavy (non-hydrogen) atoms. The first-order valence-corrected chi connectivity index (χ1v) is 6.23. The first-order chi connectivity index (χ1) is 7.83.